The Balaban J connectivity index is 0.000000472. The molecule has 11 heteroatoms. The molecule has 0 saturated heterocycles. The summed E-state index contributed by atoms with van der Waals surface area (Å²) < 4.78 is 62.4. The van der Waals surface area contributed by atoms with Gasteiger partial charge in [0.15, 0.2) is 0 Å². The molecule has 0 amide bonds. The van der Waals surface area contributed by atoms with Crippen LogP contribution in [0, 0.1) is 0 Å². The van der Waals surface area contributed by atoms with Crippen LogP contribution in [0.25, 0.3) is 0 Å². The Bertz CT molecular complexity index is 587. The topological polar surface area (TPSA) is 95.9 Å². The van der Waals surface area contributed by atoms with Crippen molar-refractivity contribution in [1.82, 2.24) is 5.43 Å². The van der Waals surface area contributed by atoms with Gasteiger partial charge in [-0.2, -0.15) is 21.6 Å². The van der Waals surface area contributed by atoms with Gasteiger partial charge in [0.1, 0.15) is 5.75 Å². The van der Waals surface area contributed by atoms with E-state index in [0.29, 0.717) is 5.75 Å². The Morgan fingerprint density at radius 3 is 1.95 bits per heavy atom. The predicted molar refractivity (Wildman–Crippen MR) is 72.8 cm³/mol. The highest BCUT2D eigenvalue weighted by Crippen LogP contribution is 2.20. The first kappa shape index (κ1) is 20.1. The molecule has 0 saturated carbocycles. The molecule has 2 N–H and O–H groups in total. The lowest BCUT2D eigenvalue weighted by Crippen LogP contribution is -2.30. The third-order valence-electron chi connectivity index (χ3n) is 2.11. The van der Waals surface area contributed by atoms with Crippen LogP contribution in [0.2, 0.25) is 0 Å². The second-order valence-corrected chi connectivity index (χ2v) is 5.20. The quantitative estimate of drug-likeness (QED) is 0.282. The summed E-state index contributed by atoms with van der Waals surface area (Å²) in [6, 6.07) is 7.25. The highest BCUT2D eigenvalue weighted by molar-refractivity contribution is 7.86. The SMILES string of the molecule is CNN(C)c1ccc(OC(C)=O)cc1.O=S(=O)(O)C(F)(F)F. The number of alkyl halides is 3. The summed E-state index contributed by atoms with van der Waals surface area (Å²) in [5.41, 5.74) is -1.56. The maximum absolute atomic E-state index is 10.7. The Kier molecular flexibility index (Phi) is 7.29. The lowest BCUT2D eigenvalue weighted by Gasteiger charge is -2.17. The predicted octanol–water partition coefficient (Wildman–Crippen LogP) is 1.58. The van der Waals surface area contributed by atoms with E-state index in [1.165, 1.54) is 6.92 Å². The third-order valence-corrected chi connectivity index (χ3v) is 2.70. The molecule has 0 unspecified atom stereocenters. The van der Waals surface area contributed by atoms with Gasteiger partial charge < -0.3 is 9.75 Å². The first-order chi connectivity index (χ1) is 9.88. The second-order valence-electron chi connectivity index (χ2n) is 3.79. The number of hydrogen-bond donors (Lipinski definition) is 2. The lowest BCUT2D eigenvalue weighted by atomic mass is 10.3. The number of ether oxygens (including phenoxy) is 1. The Morgan fingerprint density at radius 2 is 1.68 bits per heavy atom. The number of anilines is 1. The fourth-order valence-corrected chi connectivity index (χ4v) is 1.03. The fraction of sp³-hybridized carbons (Fsp3) is 0.364. The van der Waals surface area contributed by atoms with Crippen LogP contribution < -0.4 is 15.2 Å². The normalized spacial score (nSPS) is 11.2. The summed E-state index contributed by atoms with van der Waals surface area (Å²) in [5, 5.41) is 1.86. The highest BCUT2D eigenvalue weighted by atomic mass is 32.2. The molecule has 0 spiro atoms. The standard InChI is InChI=1S/C10H14N2O2.CHF3O3S/c1-8(13)14-10-6-4-9(5-7-10)12(3)11-2;2-1(3,4)8(5,6)7/h4-7,11H,1-3H3;(H,5,6,7). The van der Waals surface area contributed by atoms with Crippen LogP contribution in [0.1, 0.15) is 6.92 Å². The average molecular weight is 344 g/mol. The minimum Gasteiger partial charge on any atom is -0.427 e. The summed E-state index contributed by atoms with van der Waals surface area (Å²) in [6.07, 6.45) is 0. The maximum Gasteiger partial charge on any atom is 0.522 e. The fourth-order valence-electron chi connectivity index (χ4n) is 1.03. The Labute approximate surface area is 125 Å². The molecule has 0 aromatic heterocycles. The van der Waals surface area contributed by atoms with Crippen molar-refractivity contribution in [2.24, 2.45) is 0 Å². The molecule has 0 radical (unpaired) electrons. The van der Waals surface area contributed by atoms with Gasteiger partial charge in [-0.15, -0.1) is 0 Å². The van der Waals surface area contributed by atoms with Gasteiger partial charge in [0.2, 0.25) is 0 Å². The Hall–Kier alpha value is -1.85. The van der Waals surface area contributed by atoms with Crippen molar-refractivity contribution >= 4 is 21.8 Å². The summed E-state index contributed by atoms with van der Waals surface area (Å²) in [5.74, 6) is 0.255. The van der Waals surface area contributed by atoms with E-state index in [-0.39, 0.29) is 5.97 Å². The highest BCUT2D eigenvalue weighted by Gasteiger charge is 2.44. The molecular formula is C11H15F3N2O5S. The number of carbonyl (C=O) groups is 1. The van der Waals surface area contributed by atoms with E-state index in [9.17, 15) is 18.0 Å². The largest absolute Gasteiger partial charge is 0.522 e. The van der Waals surface area contributed by atoms with Crippen LogP contribution in [0.4, 0.5) is 18.9 Å². The van der Waals surface area contributed by atoms with Crippen LogP contribution in [-0.4, -0.2) is 38.5 Å². The molecular weight excluding hydrogens is 329 g/mol. The smallest absolute Gasteiger partial charge is 0.427 e. The molecule has 1 rings (SSSR count). The van der Waals surface area contributed by atoms with E-state index in [1.54, 1.807) is 12.1 Å². The minimum absolute atomic E-state index is 0.306. The van der Waals surface area contributed by atoms with Gasteiger partial charge in [-0.3, -0.25) is 9.35 Å². The number of carbonyl (C=O) groups excluding carboxylic acids is 1. The van der Waals surface area contributed by atoms with Gasteiger partial charge >= 0.3 is 21.6 Å². The molecule has 7 nitrogen and oxygen atoms in total. The van der Waals surface area contributed by atoms with E-state index < -0.39 is 15.6 Å². The summed E-state index contributed by atoms with van der Waals surface area (Å²) in [7, 11) is -2.10. The van der Waals surface area contributed by atoms with E-state index in [0.717, 1.165) is 5.69 Å². The van der Waals surface area contributed by atoms with Gasteiger partial charge in [-0.25, -0.2) is 5.43 Å². The van der Waals surface area contributed by atoms with Crippen molar-refractivity contribution in [3.63, 3.8) is 0 Å². The number of esters is 1. The molecule has 0 heterocycles. The monoisotopic (exact) mass is 344 g/mol. The zero-order valence-electron chi connectivity index (χ0n) is 11.9. The van der Waals surface area contributed by atoms with Gasteiger partial charge in [0.05, 0.1) is 5.69 Å². The minimum atomic E-state index is -5.84. The number of rotatable bonds is 3. The van der Waals surface area contributed by atoms with Crippen LogP contribution in [-0.2, 0) is 14.9 Å². The number of nitrogens with zero attached hydrogens (tertiary/aromatic N) is 1. The lowest BCUT2D eigenvalue weighted by molar-refractivity contribution is -0.131. The van der Waals surface area contributed by atoms with Gasteiger partial charge in [-0.1, -0.05) is 0 Å². The van der Waals surface area contributed by atoms with Crippen LogP contribution in [0.5, 0.6) is 5.75 Å². The molecule has 1 aromatic rings. The number of benzene rings is 1. The first-order valence-electron chi connectivity index (χ1n) is 5.62. The van der Waals surface area contributed by atoms with E-state index >= 15 is 0 Å². The molecule has 0 aliphatic heterocycles. The van der Waals surface area contributed by atoms with Crippen molar-refractivity contribution in [2.45, 2.75) is 12.4 Å². The van der Waals surface area contributed by atoms with E-state index in [1.807, 2.05) is 31.2 Å². The zero-order chi connectivity index (χ0) is 17.6. The number of hydrogen-bond acceptors (Lipinski definition) is 6. The van der Waals surface area contributed by atoms with Crippen LogP contribution >= 0.6 is 0 Å². The summed E-state index contributed by atoms with van der Waals surface area (Å²) in [6.45, 7) is 1.38. The summed E-state index contributed by atoms with van der Waals surface area (Å²) >= 11 is 0. The van der Waals surface area contributed by atoms with Crippen molar-refractivity contribution in [3.8, 4) is 5.75 Å². The van der Waals surface area contributed by atoms with E-state index in [2.05, 4.69) is 5.43 Å². The van der Waals surface area contributed by atoms with Gasteiger partial charge in [0, 0.05) is 21.0 Å². The van der Waals surface area contributed by atoms with Crippen molar-refractivity contribution in [2.75, 3.05) is 19.1 Å². The first-order valence-corrected chi connectivity index (χ1v) is 7.06. The van der Waals surface area contributed by atoms with Crippen LogP contribution in [0.15, 0.2) is 24.3 Å². The van der Waals surface area contributed by atoms with Crippen LogP contribution in [0.3, 0.4) is 0 Å². The molecule has 126 valence electrons. The van der Waals surface area contributed by atoms with Gasteiger partial charge in [0.25, 0.3) is 0 Å². The third kappa shape index (κ3) is 7.24. The zero-order valence-corrected chi connectivity index (χ0v) is 12.7. The van der Waals surface area contributed by atoms with Crippen molar-refractivity contribution in [3.05, 3.63) is 24.3 Å². The summed E-state index contributed by atoms with van der Waals surface area (Å²) in [4.78, 5) is 10.6. The van der Waals surface area contributed by atoms with Crippen molar-refractivity contribution < 1.29 is 35.7 Å². The maximum atomic E-state index is 10.7. The number of halogens is 3. The molecule has 0 aliphatic rings. The second kappa shape index (κ2) is 7.96. The number of nitrogens with one attached hydrogen (secondary N) is 1. The number of hydrazine groups is 1. The average Bonchev–Trinajstić information content (AvgIpc) is 2.36. The molecule has 0 fully saturated rings. The van der Waals surface area contributed by atoms with Gasteiger partial charge in [-0.05, 0) is 24.3 Å². The molecule has 0 bridgehead atoms. The molecule has 1 aromatic carbocycles. The van der Waals surface area contributed by atoms with Crippen molar-refractivity contribution in [1.29, 1.82) is 0 Å². The molecule has 0 aliphatic carbocycles. The Morgan fingerprint density at radius 1 is 1.27 bits per heavy atom. The molecule has 22 heavy (non-hydrogen) atoms. The van der Waals surface area contributed by atoms with E-state index in [4.69, 9.17) is 17.7 Å². The molecule has 0 atom stereocenters.